The van der Waals surface area contributed by atoms with Gasteiger partial charge in [-0.2, -0.15) is 0 Å². The van der Waals surface area contributed by atoms with E-state index in [2.05, 4.69) is 26.0 Å². The molecule has 0 aromatic carbocycles. The molecule has 3 saturated carbocycles. The first-order chi connectivity index (χ1) is 13.0. The standard InChI is InChI=1S/C25H42O3/c1-16(15-24(3,4)28)20-10-11-21-19(7-6-12-25(20,21)5)9-8-18-13-22(26)17(2)23(27)14-18/h8-9,16-17,20-23,26-28H,6-7,10-15H2,1-5H3/b18-8?,19-9+/t16-,17?,20+,21+,22-,23+,25+/m0/s1. The minimum absolute atomic E-state index is 0.0318. The summed E-state index contributed by atoms with van der Waals surface area (Å²) in [6, 6.07) is 0. The van der Waals surface area contributed by atoms with Crippen LogP contribution >= 0.6 is 0 Å². The number of hydrogen-bond donors (Lipinski definition) is 3. The van der Waals surface area contributed by atoms with Crippen LogP contribution in [0.1, 0.15) is 86.0 Å². The highest BCUT2D eigenvalue weighted by atomic mass is 16.3. The second-order valence-corrected chi connectivity index (χ2v) is 11.1. The van der Waals surface area contributed by atoms with E-state index in [9.17, 15) is 15.3 Å². The van der Waals surface area contributed by atoms with Crippen molar-refractivity contribution in [1.82, 2.24) is 0 Å². The lowest BCUT2D eigenvalue weighted by molar-refractivity contribution is 0.00402. The maximum atomic E-state index is 10.3. The SMILES string of the molecule is CC1[C@H](O)CC(=C/C=C2\CCC[C@@]3(C)[C@@H]2CC[C@@H]3[C@@H](C)CC(C)(C)O)C[C@@H]1O. The van der Waals surface area contributed by atoms with Crippen LogP contribution in [0.5, 0.6) is 0 Å². The Hall–Kier alpha value is -0.640. The van der Waals surface area contributed by atoms with Crippen LogP contribution in [0.2, 0.25) is 0 Å². The van der Waals surface area contributed by atoms with E-state index in [1.54, 1.807) is 5.57 Å². The minimum atomic E-state index is -0.592. The second kappa shape index (κ2) is 8.24. The van der Waals surface area contributed by atoms with E-state index >= 15 is 0 Å². The van der Waals surface area contributed by atoms with Crippen LogP contribution in [0.3, 0.4) is 0 Å². The quantitative estimate of drug-likeness (QED) is 0.633. The fourth-order valence-corrected chi connectivity index (χ4v) is 6.75. The predicted molar refractivity (Wildman–Crippen MR) is 115 cm³/mol. The lowest BCUT2D eigenvalue weighted by Gasteiger charge is -2.45. The highest BCUT2D eigenvalue weighted by Gasteiger charge is 2.51. The van der Waals surface area contributed by atoms with Crippen molar-refractivity contribution in [2.24, 2.45) is 29.1 Å². The average Bonchev–Trinajstić information content (AvgIpc) is 2.93. The Kier molecular flexibility index (Phi) is 6.49. The van der Waals surface area contributed by atoms with Crippen LogP contribution in [0.15, 0.2) is 23.3 Å². The van der Waals surface area contributed by atoms with Gasteiger partial charge in [0.15, 0.2) is 0 Å². The summed E-state index contributed by atoms with van der Waals surface area (Å²) >= 11 is 0. The topological polar surface area (TPSA) is 60.7 Å². The zero-order chi connectivity index (χ0) is 20.7. The van der Waals surface area contributed by atoms with E-state index in [4.69, 9.17) is 0 Å². The van der Waals surface area contributed by atoms with E-state index in [0.717, 1.165) is 6.42 Å². The molecule has 0 radical (unpaired) electrons. The first-order valence-corrected chi connectivity index (χ1v) is 11.5. The number of aliphatic hydroxyl groups excluding tert-OH is 2. The molecule has 0 amide bonds. The summed E-state index contributed by atoms with van der Waals surface area (Å²) in [5, 5.41) is 30.7. The van der Waals surface area contributed by atoms with Crippen LogP contribution in [0.25, 0.3) is 0 Å². The van der Waals surface area contributed by atoms with Crippen LogP contribution in [0.4, 0.5) is 0 Å². The Morgan fingerprint density at radius 1 is 1.14 bits per heavy atom. The van der Waals surface area contributed by atoms with Crippen molar-refractivity contribution in [2.45, 2.75) is 104 Å². The molecule has 3 fully saturated rings. The molecule has 0 aromatic rings. The van der Waals surface area contributed by atoms with Gasteiger partial charge in [0.25, 0.3) is 0 Å². The van der Waals surface area contributed by atoms with Gasteiger partial charge in [0.1, 0.15) is 0 Å². The highest BCUT2D eigenvalue weighted by Crippen LogP contribution is 2.60. The summed E-state index contributed by atoms with van der Waals surface area (Å²) < 4.78 is 0. The molecule has 0 aromatic heterocycles. The van der Waals surface area contributed by atoms with E-state index in [1.807, 2.05) is 20.8 Å². The van der Waals surface area contributed by atoms with Crippen LogP contribution < -0.4 is 0 Å². The zero-order valence-corrected chi connectivity index (χ0v) is 18.6. The third-order valence-corrected chi connectivity index (χ3v) is 8.24. The Morgan fingerprint density at radius 2 is 1.79 bits per heavy atom. The molecule has 3 aliphatic carbocycles. The summed E-state index contributed by atoms with van der Waals surface area (Å²) in [6.07, 6.45) is 12.2. The summed E-state index contributed by atoms with van der Waals surface area (Å²) in [5.74, 6) is 1.83. The van der Waals surface area contributed by atoms with Gasteiger partial charge in [-0.3, -0.25) is 0 Å². The van der Waals surface area contributed by atoms with E-state index in [1.165, 1.54) is 37.7 Å². The van der Waals surface area contributed by atoms with Crippen molar-refractivity contribution in [3.8, 4) is 0 Å². The van der Waals surface area contributed by atoms with Crippen molar-refractivity contribution >= 4 is 0 Å². The van der Waals surface area contributed by atoms with Crippen molar-refractivity contribution < 1.29 is 15.3 Å². The van der Waals surface area contributed by atoms with Crippen LogP contribution in [0, 0.1) is 29.1 Å². The van der Waals surface area contributed by atoms with Crippen molar-refractivity contribution in [3.05, 3.63) is 23.3 Å². The largest absolute Gasteiger partial charge is 0.392 e. The summed E-state index contributed by atoms with van der Waals surface area (Å²) in [6.45, 7) is 10.6. The van der Waals surface area contributed by atoms with Crippen molar-refractivity contribution in [2.75, 3.05) is 0 Å². The Morgan fingerprint density at radius 3 is 2.39 bits per heavy atom. The van der Waals surface area contributed by atoms with Gasteiger partial charge >= 0.3 is 0 Å². The first kappa shape index (κ1) is 22.1. The van der Waals surface area contributed by atoms with Gasteiger partial charge in [-0.05, 0) is 88.4 Å². The first-order valence-electron chi connectivity index (χ1n) is 11.5. The Balaban J connectivity index is 1.75. The van der Waals surface area contributed by atoms with Gasteiger partial charge in [-0.15, -0.1) is 0 Å². The molecule has 7 atom stereocenters. The van der Waals surface area contributed by atoms with Crippen molar-refractivity contribution in [1.29, 1.82) is 0 Å². The molecule has 3 nitrogen and oxygen atoms in total. The Bertz CT molecular complexity index is 600. The zero-order valence-electron chi connectivity index (χ0n) is 18.6. The summed E-state index contributed by atoms with van der Waals surface area (Å²) in [7, 11) is 0. The molecule has 3 N–H and O–H groups in total. The highest BCUT2D eigenvalue weighted by molar-refractivity contribution is 5.26. The molecular formula is C25H42O3. The molecular weight excluding hydrogens is 348 g/mol. The number of rotatable bonds is 4. The molecule has 3 heteroatoms. The normalized spacial score (nSPS) is 43.4. The summed E-state index contributed by atoms with van der Waals surface area (Å²) in [5.41, 5.74) is 2.50. The lowest BCUT2D eigenvalue weighted by Crippen LogP contribution is -2.38. The summed E-state index contributed by atoms with van der Waals surface area (Å²) in [4.78, 5) is 0. The molecule has 0 aliphatic heterocycles. The predicted octanol–water partition coefficient (Wildman–Crippen LogP) is 5.00. The third-order valence-electron chi connectivity index (χ3n) is 8.24. The monoisotopic (exact) mass is 390 g/mol. The number of allylic oxidation sites excluding steroid dienone is 3. The van der Waals surface area contributed by atoms with E-state index in [-0.39, 0.29) is 5.92 Å². The van der Waals surface area contributed by atoms with Gasteiger partial charge in [0, 0.05) is 5.92 Å². The molecule has 0 spiro atoms. The number of aliphatic hydroxyl groups is 3. The third kappa shape index (κ3) is 4.57. The van der Waals surface area contributed by atoms with E-state index in [0.29, 0.717) is 36.0 Å². The molecule has 3 rings (SSSR count). The van der Waals surface area contributed by atoms with Gasteiger partial charge in [0.2, 0.25) is 0 Å². The molecule has 28 heavy (non-hydrogen) atoms. The Labute approximate surface area is 171 Å². The van der Waals surface area contributed by atoms with Gasteiger partial charge < -0.3 is 15.3 Å². The fraction of sp³-hybridized carbons (Fsp3) is 0.840. The molecule has 0 bridgehead atoms. The number of fused-ring (bicyclic) bond motifs is 1. The minimum Gasteiger partial charge on any atom is -0.392 e. The van der Waals surface area contributed by atoms with Gasteiger partial charge in [-0.1, -0.05) is 44.1 Å². The van der Waals surface area contributed by atoms with E-state index < -0.39 is 17.8 Å². The van der Waals surface area contributed by atoms with Gasteiger partial charge in [-0.25, -0.2) is 0 Å². The molecule has 1 unspecified atom stereocenters. The maximum absolute atomic E-state index is 10.3. The number of hydrogen-bond acceptors (Lipinski definition) is 3. The molecule has 0 heterocycles. The molecule has 0 saturated heterocycles. The molecule has 160 valence electrons. The van der Waals surface area contributed by atoms with Crippen molar-refractivity contribution in [3.63, 3.8) is 0 Å². The smallest absolute Gasteiger partial charge is 0.0627 e. The van der Waals surface area contributed by atoms with Crippen LogP contribution in [-0.2, 0) is 0 Å². The van der Waals surface area contributed by atoms with Gasteiger partial charge in [0.05, 0.1) is 17.8 Å². The maximum Gasteiger partial charge on any atom is 0.0627 e. The lowest BCUT2D eigenvalue weighted by atomic mass is 9.60. The average molecular weight is 391 g/mol. The second-order valence-electron chi connectivity index (χ2n) is 11.1. The fourth-order valence-electron chi connectivity index (χ4n) is 6.75. The van der Waals surface area contributed by atoms with Crippen LogP contribution in [-0.4, -0.2) is 33.1 Å². The molecule has 3 aliphatic rings.